The average Bonchev–Trinajstić information content (AvgIpc) is 2.86. The van der Waals surface area contributed by atoms with Gasteiger partial charge < -0.3 is 10.5 Å². The van der Waals surface area contributed by atoms with E-state index in [1.807, 2.05) is 35.9 Å². The lowest BCUT2D eigenvalue weighted by molar-refractivity contribution is 0.414. The molecule has 1 aromatic heterocycles. The third-order valence-electron chi connectivity index (χ3n) is 3.10. The van der Waals surface area contributed by atoms with Gasteiger partial charge >= 0.3 is 0 Å². The number of benzene rings is 1. The molecule has 1 atom stereocenters. The first-order valence-corrected chi connectivity index (χ1v) is 6.48. The normalized spacial score (nSPS) is 12.4. The van der Waals surface area contributed by atoms with Gasteiger partial charge in [-0.1, -0.05) is 12.1 Å². The van der Waals surface area contributed by atoms with Crippen molar-refractivity contribution in [1.29, 1.82) is 0 Å². The predicted molar refractivity (Wildman–Crippen MR) is 74.1 cm³/mol. The molecule has 0 aliphatic heterocycles. The van der Waals surface area contributed by atoms with Gasteiger partial charge in [-0.2, -0.15) is 5.10 Å². The molecule has 0 radical (unpaired) electrons. The van der Waals surface area contributed by atoms with Crippen molar-refractivity contribution in [3.8, 4) is 5.75 Å². The van der Waals surface area contributed by atoms with E-state index in [9.17, 15) is 0 Å². The van der Waals surface area contributed by atoms with Gasteiger partial charge in [-0.15, -0.1) is 0 Å². The van der Waals surface area contributed by atoms with Crippen LogP contribution in [0.1, 0.15) is 18.3 Å². The summed E-state index contributed by atoms with van der Waals surface area (Å²) in [7, 11) is 1.66. The molecule has 0 saturated heterocycles. The number of nitrogens with two attached hydrogens (primary N) is 1. The molecule has 0 aliphatic rings. The second-order valence-electron chi connectivity index (χ2n) is 4.51. The highest BCUT2D eigenvalue weighted by atomic mass is 16.5. The molecule has 0 aliphatic carbocycles. The van der Waals surface area contributed by atoms with Gasteiger partial charge in [-0.3, -0.25) is 4.68 Å². The molecule has 0 fully saturated rings. The van der Waals surface area contributed by atoms with Gasteiger partial charge in [0.1, 0.15) is 17.9 Å². The summed E-state index contributed by atoms with van der Waals surface area (Å²) in [4.78, 5) is 4.25. The first-order valence-electron chi connectivity index (χ1n) is 6.48. The molecule has 2 N–H and O–H groups in total. The molecule has 102 valence electrons. The zero-order valence-electron chi connectivity index (χ0n) is 11.4. The molecule has 2 aromatic rings. The van der Waals surface area contributed by atoms with Gasteiger partial charge in [-0.25, -0.2) is 4.98 Å². The highest BCUT2D eigenvalue weighted by molar-refractivity contribution is 5.27. The van der Waals surface area contributed by atoms with E-state index in [-0.39, 0.29) is 6.04 Å². The maximum atomic E-state index is 6.18. The Morgan fingerprint density at radius 1 is 1.26 bits per heavy atom. The fourth-order valence-electron chi connectivity index (χ4n) is 2.08. The van der Waals surface area contributed by atoms with E-state index < -0.39 is 0 Å². The second-order valence-corrected chi connectivity index (χ2v) is 4.51. The summed E-state index contributed by atoms with van der Waals surface area (Å²) < 4.78 is 7.02. The lowest BCUT2D eigenvalue weighted by atomic mass is 10.0. The van der Waals surface area contributed by atoms with Gasteiger partial charge in [0.25, 0.3) is 0 Å². The van der Waals surface area contributed by atoms with Gasteiger partial charge in [0, 0.05) is 19.0 Å². The van der Waals surface area contributed by atoms with Crippen molar-refractivity contribution < 1.29 is 4.74 Å². The number of rotatable bonds is 6. The van der Waals surface area contributed by atoms with Crippen LogP contribution in [0.2, 0.25) is 0 Å². The zero-order valence-corrected chi connectivity index (χ0v) is 11.4. The molecule has 1 unspecified atom stereocenters. The van der Waals surface area contributed by atoms with E-state index in [4.69, 9.17) is 10.5 Å². The Morgan fingerprint density at radius 2 is 2.00 bits per heavy atom. The van der Waals surface area contributed by atoms with Gasteiger partial charge in [0.2, 0.25) is 0 Å². The van der Waals surface area contributed by atoms with E-state index in [0.29, 0.717) is 0 Å². The summed E-state index contributed by atoms with van der Waals surface area (Å²) in [6.45, 7) is 2.87. The summed E-state index contributed by atoms with van der Waals surface area (Å²) >= 11 is 0. The summed E-state index contributed by atoms with van der Waals surface area (Å²) in [5, 5.41) is 4.15. The third-order valence-corrected chi connectivity index (χ3v) is 3.10. The smallest absolute Gasteiger partial charge is 0.138 e. The van der Waals surface area contributed by atoms with E-state index in [1.165, 1.54) is 5.56 Å². The molecular formula is C14H20N4O. The summed E-state index contributed by atoms with van der Waals surface area (Å²) in [5.74, 6) is 1.81. The molecule has 0 bridgehead atoms. The van der Waals surface area contributed by atoms with E-state index in [1.54, 1.807) is 13.4 Å². The maximum Gasteiger partial charge on any atom is 0.138 e. The Morgan fingerprint density at radius 3 is 2.63 bits per heavy atom. The second kappa shape index (κ2) is 6.33. The number of ether oxygens (including phenoxy) is 1. The molecule has 0 spiro atoms. The van der Waals surface area contributed by atoms with Crippen LogP contribution in [0, 0.1) is 0 Å². The van der Waals surface area contributed by atoms with Crippen molar-refractivity contribution in [2.45, 2.75) is 32.4 Å². The number of nitrogens with zero attached hydrogens (tertiary/aromatic N) is 3. The zero-order chi connectivity index (χ0) is 13.7. The lowest BCUT2D eigenvalue weighted by Crippen LogP contribution is -2.27. The van der Waals surface area contributed by atoms with Crippen molar-refractivity contribution >= 4 is 0 Å². The minimum absolute atomic E-state index is 0.0443. The van der Waals surface area contributed by atoms with Crippen molar-refractivity contribution in [2.24, 2.45) is 5.73 Å². The van der Waals surface area contributed by atoms with Crippen molar-refractivity contribution in [1.82, 2.24) is 14.8 Å². The Bertz CT molecular complexity index is 506. The lowest BCUT2D eigenvalue weighted by Gasteiger charge is -2.12. The molecule has 2 rings (SSSR count). The fourth-order valence-corrected chi connectivity index (χ4v) is 2.08. The molecule has 5 heteroatoms. The standard InChI is InChI=1S/C14H20N4O/c1-3-18-14(16-10-17-18)9-12(15)8-11-4-6-13(19-2)7-5-11/h4-7,10,12H,3,8-9,15H2,1-2H3. The Balaban J connectivity index is 1.95. The Kier molecular flexibility index (Phi) is 4.52. The number of methoxy groups -OCH3 is 1. The Hall–Kier alpha value is -1.88. The van der Waals surface area contributed by atoms with Gasteiger partial charge in [-0.05, 0) is 31.0 Å². The number of aromatic nitrogens is 3. The molecule has 0 amide bonds. The number of hydrogen-bond donors (Lipinski definition) is 1. The minimum Gasteiger partial charge on any atom is -0.497 e. The van der Waals surface area contributed by atoms with E-state index in [2.05, 4.69) is 10.1 Å². The predicted octanol–water partition coefficient (Wildman–Crippen LogP) is 1.42. The minimum atomic E-state index is 0.0443. The highest BCUT2D eigenvalue weighted by Crippen LogP contribution is 2.13. The van der Waals surface area contributed by atoms with E-state index >= 15 is 0 Å². The van der Waals surface area contributed by atoms with Crippen molar-refractivity contribution in [3.05, 3.63) is 42.0 Å². The average molecular weight is 260 g/mol. The monoisotopic (exact) mass is 260 g/mol. The van der Waals surface area contributed by atoms with Gasteiger partial charge in [0.05, 0.1) is 7.11 Å². The van der Waals surface area contributed by atoms with Crippen LogP contribution in [0.15, 0.2) is 30.6 Å². The first kappa shape index (κ1) is 13.5. The SMILES string of the molecule is CCn1ncnc1CC(N)Cc1ccc(OC)cc1. The molecule has 1 heterocycles. The van der Waals surface area contributed by atoms with Crippen LogP contribution in [-0.4, -0.2) is 27.9 Å². The Labute approximate surface area is 113 Å². The van der Waals surface area contributed by atoms with Crippen LogP contribution in [0.5, 0.6) is 5.75 Å². The van der Waals surface area contributed by atoms with Crippen LogP contribution >= 0.6 is 0 Å². The third kappa shape index (κ3) is 3.54. The maximum absolute atomic E-state index is 6.18. The van der Waals surface area contributed by atoms with E-state index in [0.717, 1.165) is 31.0 Å². The quantitative estimate of drug-likeness (QED) is 0.853. The van der Waals surface area contributed by atoms with Crippen LogP contribution < -0.4 is 10.5 Å². The highest BCUT2D eigenvalue weighted by Gasteiger charge is 2.10. The first-order chi connectivity index (χ1) is 9.22. The van der Waals surface area contributed by atoms with Crippen LogP contribution in [0.3, 0.4) is 0 Å². The van der Waals surface area contributed by atoms with Gasteiger partial charge in [0.15, 0.2) is 0 Å². The number of aryl methyl sites for hydroxylation is 1. The molecule has 19 heavy (non-hydrogen) atoms. The number of hydrogen-bond acceptors (Lipinski definition) is 4. The largest absolute Gasteiger partial charge is 0.497 e. The summed E-state index contributed by atoms with van der Waals surface area (Å²) in [6, 6.07) is 8.04. The summed E-state index contributed by atoms with van der Waals surface area (Å²) in [6.07, 6.45) is 3.14. The molecular weight excluding hydrogens is 240 g/mol. The molecule has 5 nitrogen and oxygen atoms in total. The van der Waals surface area contributed by atoms with Crippen LogP contribution in [-0.2, 0) is 19.4 Å². The van der Waals surface area contributed by atoms with Crippen molar-refractivity contribution in [2.75, 3.05) is 7.11 Å². The van der Waals surface area contributed by atoms with Crippen LogP contribution in [0.4, 0.5) is 0 Å². The fraction of sp³-hybridized carbons (Fsp3) is 0.429. The van der Waals surface area contributed by atoms with Crippen molar-refractivity contribution in [3.63, 3.8) is 0 Å². The summed E-state index contributed by atoms with van der Waals surface area (Å²) in [5.41, 5.74) is 7.38. The molecule has 0 saturated carbocycles. The van der Waals surface area contributed by atoms with Crippen LogP contribution in [0.25, 0.3) is 0 Å². The topological polar surface area (TPSA) is 66.0 Å². The molecule has 1 aromatic carbocycles.